The molecule has 0 saturated carbocycles. The molecule has 0 radical (unpaired) electrons. The van der Waals surface area contributed by atoms with Crippen LogP contribution in [-0.4, -0.2) is 48.6 Å². The van der Waals surface area contributed by atoms with Gasteiger partial charge >= 0.3 is 0 Å². The van der Waals surface area contributed by atoms with Crippen molar-refractivity contribution in [1.29, 1.82) is 0 Å². The summed E-state index contributed by atoms with van der Waals surface area (Å²) in [5.41, 5.74) is 2.65. The highest BCUT2D eigenvalue weighted by Crippen LogP contribution is 2.26. The highest BCUT2D eigenvalue weighted by molar-refractivity contribution is 7.14. The molecular weight excluding hydrogens is 414 g/mol. The molecule has 8 heteroatoms. The van der Waals surface area contributed by atoms with Crippen molar-refractivity contribution in [2.45, 2.75) is 6.04 Å². The smallest absolute Gasteiger partial charge is 0.270 e. The molecule has 1 amide bonds. The maximum atomic E-state index is 12.7. The molecule has 2 aromatic heterocycles. The van der Waals surface area contributed by atoms with Crippen molar-refractivity contribution in [3.05, 3.63) is 62.8 Å². The van der Waals surface area contributed by atoms with Gasteiger partial charge in [-0.2, -0.15) is 11.3 Å². The van der Waals surface area contributed by atoms with Crippen molar-refractivity contribution >= 4 is 40.2 Å². The molecule has 1 aromatic carbocycles. The van der Waals surface area contributed by atoms with Crippen LogP contribution in [0.25, 0.3) is 10.6 Å². The van der Waals surface area contributed by atoms with Crippen molar-refractivity contribution in [1.82, 2.24) is 15.2 Å². The van der Waals surface area contributed by atoms with Gasteiger partial charge in [-0.1, -0.05) is 23.7 Å². The maximum Gasteiger partial charge on any atom is 0.270 e. The number of rotatable bonds is 6. The Morgan fingerprint density at radius 2 is 2.00 bits per heavy atom. The van der Waals surface area contributed by atoms with Gasteiger partial charge in [-0.25, -0.2) is 4.98 Å². The number of nitrogens with zero attached hydrogens (tertiary/aromatic N) is 2. The van der Waals surface area contributed by atoms with Crippen molar-refractivity contribution in [3.63, 3.8) is 0 Å². The monoisotopic (exact) mass is 433 g/mol. The van der Waals surface area contributed by atoms with Gasteiger partial charge < -0.3 is 10.1 Å². The Kier molecular flexibility index (Phi) is 6.39. The Balaban J connectivity index is 1.46. The minimum atomic E-state index is -0.148. The fraction of sp³-hybridized carbons (Fsp3) is 0.300. The van der Waals surface area contributed by atoms with Crippen LogP contribution in [0.15, 0.2) is 46.5 Å². The summed E-state index contributed by atoms with van der Waals surface area (Å²) in [7, 11) is 0. The molecule has 1 unspecified atom stereocenters. The third-order valence-corrected chi connectivity index (χ3v) is 6.53. The molecule has 1 atom stereocenters. The predicted octanol–water partition coefficient (Wildman–Crippen LogP) is 4.33. The summed E-state index contributed by atoms with van der Waals surface area (Å²) in [5.74, 6) is -0.148. The minimum Gasteiger partial charge on any atom is -0.379 e. The van der Waals surface area contributed by atoms with Gasteiger partial charge in [0.1, 0.15) is 10.7 Å². The Morgan fingerprint density at radius 1 is 1.21 bits per heavy atom. The Bertz CT molecular complexity index is 906. The number of benzene rings is 1. The highest BCUT2D eigenvalue weighted by Gasteiger charge is 2.24. The molecule has 5 nitrogen and oxygen atoms in total. The van der Waals surface area contributed by atoms with Gasteiger partial charge in [-0.15, -0.1) is 11.3 Å². The number of carbonyl (C=O) groups excluding carboxylic acids is 1. The van der Waals surface area contributed by atoms with Crippen LogP contribution in [0.2, 0.25) is 5.02 Å². The van der Waals surface area contributed by atoms with Gasteiger partial charge in [-0.3, -0.25) is 9.69 Å². The topological polar surface area (TPSA) is 54.5 Å². The van der Waals surface area contributed by atoms with E-state index < -0.39 is 0 Å². The molecule has 1 N–H and O–H groups in total. The molecule has 0 bridgehead atoms. The lowest BCUT2D eigenvalue weighted by Crippen LogP contribution is -2.43. The first kappa shape index (κ1) is 19.5. The molecule has 0 spiro atoms. The number of thiophene rings is 1. The fourth-order valence-electron chi connectivity index (χ4n) is 3.21. The van der Waals surface area contributed by atoms with E-state index in [-0.39, 0.29) is 11.9 Å². The molecule has 4 rings (SSSR count). The Morgan fingerprint density at radius 3 is 2.71 bits per heavy atom. The number of halogens is 1. The maximum absolute atomic E-state index is 12.7. The standard InChI is InChI=1S/C20H20ClN3O2S2/c21-16-3-1-14(2-4-16)18(24-6-8-26-9-7-24)11-22-19(25)17-13-28-20(23-17)15-5-10-27-12-15/h1-5,10,12-13,18H,6-9,11H2,(H,22,25). The van der Waals surface area contributed by atoms with Gasteiger partial charge in [0.05, 0.1) is 19.3 Å². The third-order valence-electron chi connectivity index (χ3n) is 4.70. The summed E-state index contributed by atoms with van der Waals surface area (Å²) in [6, 6.07) is 9.90. The van der Waals surface area contributed by atoms with E-state index in [1.807, 2.05) is 46.5 Å². The molecule has 0 aliphatic carbocycles. The molecule has 1 saturated heterocycles. The predicted molar refractivity (Wildman–Crippen MR) is 114 cm³/mol. The number of nitrogens with one attached hydrogen (secondary N) is 1. The number of hydrogen-bond acceptors (Lipinski definition) is 6. The zero-order valence-electron chi connectivity index (χ0n) is 15.1. The third kappa shape index (κ3) is 4.61. The second kappa shape index (κ2) is 9.15. The van der Waals surface area contributed by atoms with E-state index in [0.29, 0.717) is 30.5 Å². The fourth-order valence-corrected chi connectivity index (χ4v) is 4.85. The van der Waals surface area contributed by atoms with Crippen LogP contribution in [0, 0.1) is 0 Å². The van der Waals surface area contributed by atoms with Crippen LogP contribution in [0.1, 0.15) is 22.1 Å². The average molecular weight is 434 g/mol. The highest BCUT2D eigenvalue weighted by atomic mass is 35.5. The first-order chi connectivity index (χ1) is 13.7. The van der Waals surface area contributed by atoms with E-state index in [1.165, 1.54) is 11.3 Å². The largest absolute Gasteiger partial charge is 0.379 e. The molecule has 146 valence electrons. The summed E-state index contributed by atoms with van der Waals surface area (Å²) in [5, 5.41) is 10.5. The normalized spacial score (nSPS) is 16.0. The number of morpholine rings is 1. The van der Waals surface area contributed by atoms with Crippen LogP contribution in [-0.2, 0) is 4.74 Å². The SMILES string of the molecule is O=C(NCC(c1ccc(Cl)cc1)N1CCOCC1)c1csc(-c2ccsc2)n1. The summed E-state index contributed by atoms with van der Waals surface area (Å²) in [4.78, 5) is 19.5. The quantitative estimate of drug-likeness (QED) is 0.628. The summed E-state index contributed by atoms with van der Waals surface area (Å²) in [6.07, 6.45) is 0. The molecular formula is C20H20ClN3O2S2. The molecule has 3 heterocycles. The van der Waals surface area contributed by atoms with Crippen LogP contribution < -0.4 is 5.32 Å². The molecule has 1 fully saturated rings. The number of aromatic nitrogens is 1. The van der Waals surface area contributed by atoms with Crippen LogP contribution >= 0.6 is 34.3 Å². The number of hydrogen-bond donors (Lipinski definition) is 1. The minimum absolute atomic E-state index is 0.0695. The molecule has 3 aromatic rings. The van der Waals surface area contributed by atoms with Crippen LogP contribution in [0.5, 0.6) is 0 Å². The van der Waals surface area contributed by atoms with Gasteiger partial charge in [0, 0.05) is 41.0 Å². The lowest BCUT2D eigenvalue weighted by molar-refractivity contribution is 0.0162. The second-order valence-corrected chi connectivity index (χ2v) is 8.55. The number of carbonyl (C=O) groups is 1. The summed E-state index contributed by atoms with van der Waals surface area (Å²) in [6.45, 7) is 3.58. The van der Waals surface area contributed by atoms with E-state index in [9.17, 15) is 4.79 Å². The molecule has 28 heavy (non-hydrogen) atoms. The number of thiazole rings is 1. The zero-order chi connectivity index (χ0) is 19.3. The lowest BCUT2D eigenvalue weighted by atomic mass is 10.0. The first-order valence-electron chi connectivity index (χ1n) is 9.04. The van der Waals surface area contributed by atoms with Crippen LogP contribution in [0.3, 0.4) is 0 Å². The van der Waals surface area contributed by atoms with E-state index >= 15 is 0 Å². The molecule has 1 aliphatic heterocycles. The summed E-state index contributed by atoms with van der Waals surface area (Å²) < 4.78 is 5.48. The van der Waals surface area contributed by atoms with Gasteiger partial charge in [0.25, 0.3) is 5.91 Å². The van der Waals surface area contributed by atoms with E-state index in [2.05, 4.69) is 15.2 Å². The van der Waals surface area contributed by atoms with Crippen molar-refractivity contribution in [2.24, 2.45) is 0 Å². The zero-order valence-corrected chi connectivity index (χ0v) is 17.5. The number of ether oxygens (including phenoxy) is 1. The lowest BCUT2D eigenvalue weighted by Gasteiger charge is -2.34. The van der Waals surface area contributed by atoms with E-state index in [0.717, 1.165) is 29.2 Å². The van der Waals surface area contributed by atoms with Gasteiger partial charge in [-0.05, 0) is 29.1 Å². The van der Waals surface area contributed by atoms with E-state index in [4.69, 9.17) is 16.3 Å². The van der Waals surface area contributed by atoms with Crippen molar-refractivity contribution < 1.29 is 9.53 Å². The molecule has 1 aliphatic rings. The summed E-state index contributed by atoms with van der Waals surface area (Å²) >= 11 is 9.16. The van der Waals surface area contributed by atoms with Crippen LogP contribution in [0.4, 0.5) is 0 Å². The Labute approximate surface area is 176 Å². The van der Waals surface area contributed by atoms with Crippen molar-refractivity contribution in [2.75, 3.05) is 32.8 Å². The second-order valence-electron chi connectivity index (χ2n) is 6.48. The van der Waals surface area contributed by atoms with Gasteiger partial charge in [0.2, 0.25) is 0 Å². The average Bonchev–Trinajstić information content (AvgIpc) is 3.42. The van der Waals surface area contributed by atoms with E-state index in [1.54, 1.807) is 11.3 Å². The first-order valence-corrected chi connectivity index (χ1v) is 11.2. The van der Waals surface area contributed by atoms with Crippen molar-refractivity contribution in [3.8, 4) is 10.6 Å². The number of amides is 1. The Hall–Kier alpha value is -1.77. The van der Waals surface area contributed by atoms with Gasteiger partial charge in [0.15, 0.2) is 0 Å².